The van der Waals surface area contributed by atoms with Crippen molar-refractivity contribution in [2.45, 2.75) is 13.8 Å². The van der Waals surface area contributed by atoms with Crippen molar-refractivity contribution >= 4 is 17.2 Å². The van der Waals surface area contributed by atoms with Crippen molar-refractivity contribution in [1.29, 1.82) is 0 Å². The first kappa shape index (κ1) is 12.8. The van der Waals surface area contributed by atoms with E-state index in [0.29, 0.717) is 23.3 Å². The first-order valence-electron chi connectivity index (χ1n) is 5.14. The minimum Gasteiger partial charge on any atom is -0.497 e. The Labute approximate surface area is 102 Å². The lowest BCUT2D eigenvalue weighted by Gasteiger charge is -2.11. The quantitative estimate of drug-likeness (QED) is 0.801. The molecule has 0 aliphatic heterocycles. The number of hydrogen-bond acceptors (Lipinski definition) is 3. The first-order chi connectivity index (χ1) is 7.52. The van der Waals surface area contributed by atoms with Crippen molar-refractivity contribution in [3.63, 3.8) is 0 Å². The van der Waals surface area contributed by atoms with Crippen molar-refractivity contribution in [3.05, 3.63) is 23.8 Å². The van der Waals surface area contributed by atoms with Gasteiger partial charge in [0.25, 0.3) is 0 Å². The Morgan fingerprint density at radius 2 is 1.94 bits per heavy atom. The van der Waals surface area contributed by atoms with Gasteiger partial charge in [-0.3, -0.25) is 0 Å². The van der Waals surface area contributed by atoms with Crippen LogP contribution in [0.5, 0.6) is 11.5 Å². The van der Waals surface area contributed by atoms with Crippen LogP contribution in [-0.4, -0.2) is 18.7 Å². The number of hydrogen-bond donors (Lipinski definition) is 1. The molecule has 0 saturated heterocycles. The van der Waals surface area contributed by atoms with Crippen LogP contribution in [0.4, 0.5) is 0 Å². The van der Waals surface area contributed by atoms with E-state index in [-0.39, 0.29) is 0 Å². The molecule has 1 rings (SSSR count). The van der Waals surface area contributed by atoms with E-state index < -0.39 is 0 Å². The highest BCUT2D eigenvalue weighted by Crippen LogP contribution is 2.23. The van der Waals surface area contributed by atoms with Gasteiger partial charge in [0.1, 0.15) is 16.5 Å². The number of rotatable bonds is 5. The molecule has 2 N–H and O–H groups in total. The molecule has 4 heteroatoms. The lowest BCUT2D eigenvalue weighted by Crippen LogP contribution is -2.10. The average Bonchev–Trinajstić information content (AvgIpc) is 2.25. The van der Waals surface area contributed by atoms with Gasteiger partial charge in [-0.25, -0.2) is 0 Å². The first-order valence-corrected chi connectivity index (χ1v) is 5.55. The van der Waals surface area contributed by atoms with Gasteiger partial charge in [-0.05, 0) is 18.1 Å². The highest BCUT2D eigenvalue weighted by Gasteiger charge is 2.05. The fourth-order valence-corrected chi connectivity index (χ4v) is 1.30. The van der Waals surface area contributed by atoms with E-state index in [1.54, 1.807) is 13.2 Å². The van der Waals surface area contributed by atoms with Gasteiger partial charge >= 0.3 is 0 Å². The smallest absolute Gasteiger partial charge is 0.123 e. The number of ether oxygens (including phenoxy) is 2. The zero-order valence-electron chi connectivity index (χ0n) is 9.82. The Kier molecular flexibility index (Phi) is 4.55. The Bertz CT molecular complexity index is 377. The summed E-state index contributed by atoms with van der Waals surface area (Å²) >= 11 is 4.93. The average molecular weight is 239 g/mol. The summed E-state index contributed by atoms with van der Waals surface area (Å²) in [7, 11) is 1.60. The van der Waals surface area contributed by atoms with E-state index in [2.05, 4.69) is 13.8 Å². The van der Waals surface area contributed by atoms with Crippen molar-refractivity contribution in [3.8, 4) is 11.5 Å². The molecular weight excluding hydrogens is 222 g/mol. The molecule has 1 aromatic carbocycles. The van der Waals surface area contributed by atoms with Crippen molar-refractivity contribution in [2.24, 2.45) is 11.7 Å². The molecule has 88 valence electrons. The predicted octanol–water partition coefficient (Wildman–Crippen LogP) is 2.36. The minimum atomic E-state index is 0.341. The molecule has 0 atom stereocenters. The van der Waals surface area contributed by atoms with Crippen LogP contribution >= 0.6 is 12.2 Å². The SMILES string of the molecule is COc1cc(OCC(C)C)cc(C(N)=S)c1. The van der Waals surface area contributed by atoms with Crippen LogP contribution in [-0.2, 0) is 0 Å². The van der Waals surface area contributed by atoms with Crippen LogP contribution < -0.4 is 15.2 Å². The number of methoxy groups -OCH3 is 1. The number of benzene rings is 1. The Balaban J connectivity index is 2.90. The Morgan fingerprint density at radius 3 is 2.44 bits per heavy atom. The van der Waals surface area contributed by atoms with Gasteiger partial charge in [0.2, 0.25) is 0 Å². The van der Waals surface area contributed by atoms with E-state index in [1.165, 1.54) is 0 Å². The van der Waals surface area contributed by atoms with Crippen LogP contribution in [0.3, 0.4) is 0 Å². The molecule has 0 aliphatic rings. The second-order valence-corrected chi connectivity index (χ2v) is 4.41. The molecule has 0 saturated carbocycles. The van der Waals surface area contributed by atoms with Crippen molar-refractivity contribution in [1.82, 2.24) is 0 Å². The molecule has 0 aromatic heterocycles. The maximum atomic E-state index is 5.61. The summed E-state index contributed by atoms with van der Waals surface area (Å²) in [6, 6.07) is 5.45. The summed E-state index contributed by atoms with van der Waals surface area (Å²) in [5.74, 6) is 1.90. The lowest BCUT2D eigenvalue weighted by atomic mass is 10.2. The predicted molar refractivity (Wildman–Crippen MR) is 69.2 cm³/mol. The third-order valence-corrected chi connectivity index (χ3v) is 2.22. The van der Waals surface area contributed by atoms with Crippen LogP contribution in [0.15, 0.2) is 18.2 Å². The van der Waals surface area contributed by atoms with Crippen molar-refractivity contribution < 1.29 is 9.47 Å². The summed E-state index contributed by atoms with van der Waals surface area (Å²) in [5.41, 5.74) is 6.34. The van der Waals surface area contributed by atoms with E-state index in [0.717, 1.165) is 11.3 Å². The molecule has 0 fully saturated rings. The van der Waals surface area contributed by atoms with Crippen LogP contribution in [0.25, 0.3) is 0 Å². The van der Waals surface area contributed by atoms with Gasteiger partial charge in [0.05, 0.1) is 13.7 Å². The summed E-state index contributed by atoms with van der Waals surface area (Å²) < 4.78 is 10.8. The molecule has 0 bridgehead atoms. The molecule has 3 nitrogen and oxygen atoms in total. The largest absolute Gasteiger partial charge is 0.497 e. The highest BCUT2D eigenvalue weighted by atomic mass is 32.1. The fraction of sp³-hybridized carbons (Fsp3) is 0.417. The zero-order chi connectivity index (χ0) is 12.1. The second-order valence-electron chi connectivity index (χ2n) is 3.97. The fourth-order valence-electron chi connectivity index (χ4n) is 1.18. The van der Waals surface area contributed by atoms with Gasteiger partial charge in [0.15, 0.2) is 0 Å². The summed E-state index contributed by atoms with van der Waals surface area (Å²) in [5, 5.41) is 0. The van der Waals surface area contributed by atoms with Crippen LogP contribution in [0, 0.1) is 5.92 Å². The zero-order valence-corrected chi connectivity index (χ0v) is 10.6. The third-order valence-electron chi connectivity index (χ3n) is 1.98. The minimum absolute atomic E-state index is 0.341. The third kappa shape index (κ3) is 3.70. The van der Waals surface area contributed by atoms with Gasteiger partial charge in [-0.2, -0.15) is 0 Å². The Morgan fingerprint density at radius 1 is 1.31 bits per heavy atom. The van der Waals surface area contributed by atoms with Gasteiger partial charge in [-0.1, -0.05) is 26.1 Å². The molecular formula is C12H17NO2S. The van der Waals surface area contributed by atoms with Gasteiger partial charge in [0, 0.05) is 11.6 Å². The number of nitrogens with two attached hydrogens (primary N) is 1. The molecule has 0 amide bonds. The molecule has 0 spiro atoms. The van der Waals surface area contributed by atoms with E-state index in [4.69, 9.17) is 27.4 Å². The maximum absolute atomic E-state index is 5.61. The second kappa shape index (κ2) is 5.70. The van der Waals surface area contributed by atoms with E-state index in [9.17, 15) is 0 Å². The molecule has 0 radical (unpaired) electrons. The number of thiocarbonyl (C=S) groups is 1. The standard InChI is InChI=1S/C12H17NO2S/c1-8(2)7-15-11-5-9(12(13)16)4-10(6-11)14-3/h4-6,8H,7H2,1-3H3,(H2,13,16). The molecule has 1 aromatic rings. The van der Waals surface area contributed by atoms with E-state index in [1.807, 2.05) is 12.1 Å². The summed E-state index contributed by atoms with van der Waals surface area (Å²) in [6.45, 7) is 4.84. The summed E-state index contributed by atoms with van der Waals surface area (Å²) in [6.07, 6.45) is 0. The van der Waals surface area contributed by atoms with Gasteiger partial charge in [-0.15, -0.1) is 0 Å². The van der Waals surface area contributed by atoms with Crippen molar-refractivity contribution in [2.75, 3.05) is 13.7 Å². The summed E-state index contributed by atoms with van der Waals surface area (Å²) in [4.78, 5) is 0.341. The lowest BCUT2D eigenvalue weighted by molar-refractivity contribution is 0.269. The molecule has 0 unspecified atom stereocenters. The highest BCUT2D eigenvalue weighted by molar-refractivity contribution is 7.80. The van der Waals surface area contributed by atoms with Crippen LogP contribution in [0.2, 0.25) is 0 Å². The molecule has 0 heterocycles. The van der Waals surface area contributed by atoms with Gasteiger partial charge < -0.3 is 15.2 Å². The normalized spacial score (nSPS) is 10.2. The molecule has 16 heavy (non-hydrogen) atoms. The molecule has 0 aliphatic carbocycles. The van der Waals surface area contributed by atoms with Crippen LogP contribution in [0.1, 0.15) is 19.4 Å². The maximum Gasteiger partial charge on any atom is 0.123 e. The monoisotopic (exact) mass is 239 g/mol. The Hall–Kier alpha value is -1.29. The van der Waals surface area contributed by atoms with E-state index >= 15 is 0 Å². The topological polar surface area (TPSA) is 44.5 Å².